The van der Waals surface area contributed by atoms with Crippen molar-refractivity contribution in [3.8, 4) is 0 Å². The van der Waals surface area contributed by atoms with Crippen LogP contribution in [0.2, 0.25) is 0 Å². The topological polar surface area (TPSA) is 90.4 Å². The predicted molar refractivity (Wildman–Crippen MR) is 114 cm³/mol. The fourth-order valence-corrected chi connectivity index (χ4v) is 3.30. The average Bonchev–Trinajstić information content (AvgIpc) is 2.76. The normalized spacial score (nSPS) is 15.6. The summed E-state index contributed by atoms with van der Waals surface area (Å²) in [7, 11) is 1.68. The van der Waals surface area contributed by atoms with E-state index in [1.165, 1.54) is 0 Å². The SMILES string of the molecule is CN=C(NCCNc1nccc(C(F)(F)F)n1)NC1CCN(c2cccc(C)n2)CC1. The van der Waals surface area contributed by atoms with Gasteiger partial charge in [-0.2, -0.15) is 13.2 Å². The maximum Gasteiger partial charge on any atom is 0.433 e. The number of anilines is 2. The standard InChI is InChI=1S/C20H27F3N8/c1-14-4-3-5-17(28-14)31-12-7-15(8-13-31)29-18(24-2)26-10-11-27-19-25-9-6-16(30-19)20(21,22)23/h3-6,9,15H,7-8,10-13H2,1-2H3,(H2,24,26,29)(H,25,27,30). The molecule has 0 bridgehead atoms. The molecular weight excluding hydrogens is 409 g/mol. The molecule has 2 aromatic heterocycles. The zero-order valence-corrected chi connectivity index (χ0v) is 17.6. The summed E-state index contributed by atoms with van der Waals surface area (Å²) in [4.78, 5) is 18.4. The minimum Gasteiger partial charge on any atom is -0.356 e. The van der Waals surface area contributed by atoms with E-state index < -0.39 is 11.9 Å². The maximum atomic E-state index is 12.7. The van der Waals surface area contributed by atoms with Gasteiger partial charge in [0.15, 0.2) is 5.96 Å². The van der Waals surface area contributed by atoms with Gasteiger partial charge < -0.3 is 20.9 Å². The van der Waals surface area contributed by atoms with Crippen molar-refractivity contribution in [2.45, 2.75) is 32.0 Å². The first-order chi connectivity index (χ1) is 14.8. The molecule has 168 valence electrons. The fourth-order valence-electron chi connectivity index (χ4n) is 3.30. The lowest BCUT2D eigenvalue weighted by Crippen LogP contribution is -2.49. The molecule has 3 N–H and O–H groups in total. The summed E-state index contributed by atoms with van der Waals surface area (Å²) in [5.74, 6) is 1.60. The molecule has 0 spiro atoms. The summed E-state index contributed by atoms with van der Waals surface area (Å²) in [6.07, 6.45) is -1.50. The van der Waals surface area contributed by atoms with Gasteiger partial charge in [0.1, 0.15) is 11.5 Å². The zero-order valence-electron chi connectivity index (χ0n) is 17.6. The third-order valence-electron chi connectivity index (χ3n) is 4.90. The van der Waals surface area contributed by atoms with Crippen LogP contribution in [0.1, 0.15) is 24.2 Å². The maximum absolute atomic E-state index is 12.7. The highest BCUT2D eigenvalue weighted by Crippen LogP contribution is 2.27. The van der Waals surface area contributed by atoms with Gasteiger partial charge in [0.25, 0.3) is 0 Å². The van der Waals surface area contributed by atoms with Crippen LogP contribution in [-0.2, 0) is 6.18 Å². The zero-order chi connectivity index (χ0) is 22.3. The van der Waals surface area contributed by atoms with Gasteiger partial charge in [0.05, 0.1) is 0 Å². The van der Waals surface area contributed by atoms with Crippen LogP contribution in [0.4, 0.5) is 24.9 Å². The Morgan fingerprint density at radius 2 is 1.94 bits per heavy atom. The van der Waals surface area contributed by atoms with Crippen LogP contribution in [0.3, 0.4) is 0 Å². The number of piperidine rings is 1. The molecule has 0 aliphatic carbocycles. The van der Waals surface area contributed by atoms with Crippen LogP contribution in [0.5, 0.6) is 0 Å². The van der Waals surface area contributed by atoms with Gasteiger partial charge in [0, 0.05) is 51.2 Å². The summed E-state index contributed by atoms with van der Waals surface area (Å²) in [5.41, 5.74) is 0.0362. The van der Waals surface area contributed by atoms with E-state index in [-0.39, 0.29) is 12.0 Å². The Kier molecular flexibility index (Phi) is 7.48. The summed E-state index contributed by atoms with van der Waals surface area (Å²) in [5, 5.41) is 9.34. The molecule has 0 saturated carbocycles. The Labute approximate surface area is 179 Å². The summed E-state index contributed by atoms with van der Waals surface area (Å²) in [6, 6.07) is 7.16. The van der Waals surface area contributed by atoms with Crippen molar-refractivity contribution in [1.82, 2.24) is 25.6 Å². The summed E-state index contributed by atoms with van der Waals surface area (Å²) < 4.78 is 38.1. The Hall–Kier alpha value is -3.11. The van der Waals surface area contributed by atoms with Gasteiger partial charge in [-0.3, -0.25) is 4.99 Å². The van der Waals surface area contributed by atoms with Crippen molar-refractivity contribution in [1.29, 1.82) is 0 Å². The number of rotatable bonds is 6. The largest absolute Gasteiger partial charge is 0.433 e. The lowest BCUT2D eigenvalue weighted by molar-refractivity contribution is -0.141. The van der Waals surface area contributed by atoms with Gasteiger partial charge >= 0.3 is 6.18 Å². The second-order valence-corrected chi connectivity index (χ2v) is 7.23. The fraction of sp³-hybridized carbons (Fsp3) is 0.500. The molecule has 1 aliphatic heterocycles. The van der Waals surface area contributed by atoms with E-state index >= 15 is 0 Å². The molecule has 2 aromatic rings. The first-order valence-electron chi connectivity index (χ1n) is 10.1. The number of nitrogens with one attached hydrogen (secondary N) is 3. The lowest BCUT2D eigenvalue weighted by atomic mass is 10.1. The van der Waals surface area contributed by atoms with Crippen LogP contribution < -0.4 is 20.9 Å². The lowest BCUT2D eigenvalue weighted by Gasteiger charge is -2.34. The van der Waals surface area contributed by atoms with E-state index in [0.29, 0.717) is 19.0 Å². The number of alkyl halides is 3. The second-order valence-electron chi connectivity index (χ2n) is 7.23. The minimum absolute atomic E-state index is 0.0586. The number of hydrogen-bond acceptors (Lipinski definition) is 6. The number of aromatic nitrogens is 3. The molecule has 0 atom stereocenters. The second kappa shape index (κ2) is 10.3. The first-order valence-corrected chi connectivity index (χ1v) is 10.1. The quantitative estimate of drug-likeness (QED) is 0.364. The van der Waals surface area contributed by atoms with Crippen molar-refractivity contribution >= 4 is 17.7 Å². The third kappa shape index (κ3) is 6.69. The Morgan fingerprint density at radius 1 is 1.16 bits per heavy atom. The van der Waals surface area contributed by atoms with Gasteiger partial charge in [-0.1, -0.05) is 6.07 Å². The molecule has 0 radical (unpaired) electrons. The molecule has 1 fully saturated rings. The van der Waals surface area contributed by atoms with Crippen LogP contribution in [-0.4, -0.2) is 60.2 Å². The average molecular weight is 436 g/mol. The van der Waals surface area contributed by atoms with Crippen LogP contribution in [0.25, 0.3) is 0 Å². The molecule has 11 heteroatoms. The summed E-state index contributed by atoms with van der Waals surface area (Å²) in [6.45, 7) is 4.59. The van der Waals surface area contributed by atoms with Gasteiger partial charge in [-0.25, -0.2) is 15.0 Å². The van der Waals surface area contributed by atoms with E-state index in [4.69, 9.17) is 0 Å². The highest BCUT2D eigenvalue weighted by Gasteiger charge is 2.32. The molecule has 0 amide bonds. The smallest absolute Gasteiger partial charge is 0.356 e. The number of aliphatic imine (C=N–C) groups is 1. The highest BCUT2D eigenvalue weighted by atomic mass is 19.4. The van der Waals surface area contributed by atoms with Crippen LogP contribution in [0, 0.1) is 6.92 Å². The minimum atomic E-state index is -4.49. The van der Waals surface area contributed by atoms with E-state index in [0.717, 1.165) is 49.7 Å². The van der Waals surface area contributed by atoms with E-state index in [2.05, 4.69) is 40.8 Å². The first kappa shape index (κ1) is 22.6. The molecule has 1 aliphatic rings. The van der Waals surface area contributed by atoms with Crippen LogP contribution in [0.15, 0.2) is 35.5 Å². The van der Waals surface area contributed by atoms with Crippen LogP contribution >= 0.6 is 0 Å². The predicted octanol–water partition coefficient (Wildman–Crippen LogP) is 2.44. The Morgan fingerprint density at radius 3 is 2.61 bits per heavy atom. The van der Waals surface area contributed by atoms with E-state index in [1.807, 2.05) is 25.1 Å². The van der Waals surface area contributed by atoms with Crippen molar-refractivity contribution in [3.05, 3.63) is 41.9 Å². The number of hydrogen-bond donors (Lipinski definition) is 3. The molecule has 0 aromatic carbocycles. The molecule has 3 heterocycles. The van der Waals surface area contributed by atoms with Crippen molar-refractivity contribution in [3.63, 3.8) is 0 Å². The third-order valence-corrected chi connectivity index (χ3v) is 4.90. The van der Waals surface area contributed by atoms with Crippen molar-refractivity contribution in [2.24, 2.45) is 4.99 Å². The van der Waals surface area contributed by atoms with Gasteiger partial charge in [0.2, 0.25) is 5.95 Å². The van der Waals surface area contributed by atoms with Crippen molar-refractivity contribution in [2.75, 3.05) is 43.4 Å². The number of guanidine groups is 1. The number of nitrogens with zero attached hydrogens (tertiary/aromatic N) is 5. The molecule has 1 saturated heterocycles. The number of aryl methyl sites for hydroxylation is 1. The molecular formula is C20H27F3N8. The molecule has 8 nitrogen and oxygen atoms in total. The van der Waals surface area contributed by atoms with Gasteiger partial charge in [-0.05, 0) is 38.0 Å². The van der Waals surface area contributed by atoms with E-state index in [1.54, 1.807) is 7.05 Å². The van der Waals surface area contributed by atoms with E-state index in [9.17, 15) is 13.2 Å². The Balaban J connectivity index is 1.39. The number of halogens is 3. The van der Waals surface area contributed by atoms with Gasteiger partial charge in [-0.15, -0.1) is 0 Å². The highest BCUT2D eigenvalue weighted by molar-refractivity contribution is 5.80. The number of pyridine rings is 1. The molecule has 0 unspecified atom stereocenters. The Bertz CT molecular complexity index is 879. The summed E-state index contributed by atoms with van der Waals surface area (Å²) >= 11 is 0. The molecule has 31 heavy (non-hydrogen) atoms. The van der Waals surface area contributed by atoms with Crippen molar-refractivity contribution < 1.29 is 13.2 Å². The monoisotopic (exact) mass is 436 g/mol. The molecule has 3 rings (SSSR count).